The molecule has 2 aromatic carbocycles. The van der Waals surface area contributed by atoms with E-state index in [1.807, 2.05) is 24.3 Å². The summed E-state index contributed by atoms with van der Waals surface area (Å²) in [6, 6.07) is 16.0. The molecule has 0 aliphatic heterocycles. The van der Waals surface area contributed by atoms with Gasteiger partial charge in [-0.25, -0.2) is 0 Å². The van der Waals surface area contributed by atoms with E-state index < -0.39 is 5.60 Å². The highest BCUT2D eigenvalue weighted by molar-refractivity contribution is 5.65. The van der Waals surface area contributed by atoms with Crippen LogP contribution in [0.1, 0.15) is 69.6 Å². The predicted octanol–water partition coefficient (Wildman–Crippen LogP) is 5.88. The second-order valence-electron chi connectivity index (χ2n) is 7.34. The van der Waals surface area contributed by atoms with E-state index in [9.17, 15) is 5.11 Å². The zero-order valence-corrected chi connectivity index (χ0v) is 17.4. The molecule has 0 radical (unpaired) electrons. The van der Waals surface area contributed by atoms with Gasteiger partial charge in [-0.1, -0.05) is 57.2 Å². The summed E-state index contributed by atoms with van der Waals surface area (Å²) in [4.78, 5) is 0. The van der Waals surface area contributed by atoms with E-state index in [0.29, 0.717) is 6.61 Å². The molecule has 152 valence electrons. The monoisotopic (exact) mass is 382 g/mol. The molecule has 0 heterocycles. The number of benzene rings is 2. The standard InChI is InChI=1S/C25H34O3/c1-4-22(11-8-16-25(27,5-2)6-3)23-10-7-9-21(17-23)19-28-24-14-12-20(18-26)13-15-24/h7,9-15,17,26-27H,4-6,8,16,18-19H2,1-3H3/b22-11-. The Labute approximate surface area is 169 Å². The van der Waals surface area contributed by atoms with Crippen molar-refractivity contribution in [3.8, 4) is 5.75 Å². The van der Waals surface area contributed by atoms with Gasteiger partial charge in [0.2, 0.25) is 0 Å². The van der Waals surface area contributed by atoms with Crippen LogP contribution in [0.15, 0.2) is 54.6 Å². The summed E-state index contributed by atoms with van der Waals surface area (Å²) in [6.45, 7) is 6.82. The van der Waals surface area contributed by atoms with Gasteiger partial charge in [-0.15, -0.1) is 0 Å². The Morgan fingerprint density at radius 1 is 1.00 bits per heavy atom. The van der Waals surface area contributed by atoms with Gasteiger partial charge in [0.1, 0.15) is 12.4 Å². The van der Waals surface area contributed by atoms with Gasteiger partial charge in [-0.2, -0.15) is 0 Å². The molecular formula is C25H34O3. The zero-order chi connectivity index (χ0) is 20.4. The molecule has 0 unspecified atom stereocenters. The van der Waals surface area contributed by atoms with Gasteiger partial charge < -0.3 is 14.9 Å². The van der Waals surface area contributed by atoms with E-state index in [0.717, 1.165) is 49.0 Å². The van der Waals surface area contributed by atoms with Crippen LogP contribution in [0.4, 0.5) is 0 Å². The normalized spacial score (nSPS) is 12.2. The molecule has 2 N–H and O–H groups in total. The Hall–Kier alpha value is -2.10. The van der Waals surface area contributed by atoms with Crippen LogP contribution in [-0.2, 0) is 13.2 Å². The van der Waals surface area contributed by atoms with Crippen LogP contribution in [0.5, 0.6) is 5.75 Å². The molecule has 2 rings (SSSR count). The van der Waals surface area contributed by atoms with Crippen LogP contribution in [0.3, 0.4) is 0 Å². The fourth-order valence-corrected chi connectivity index (χ4v) is 3.30. The smallest absolute Gasteiger partial charge is 0.119 e. The van der Waals surface area contributed by atoms with Gasteiger partial charge in [0, 0.05) is 0 Å². The van der Waals surface area contributed by atoms with Gasteiger partial charge in [-0.05, 0) is 72.6 Å². The van der Waals surface area contributed by atoms with Gasteiger partial charge in [-0.3, -0.25) is 0 Å². The van der Waals surface area contributed by atoms with Crippen LogP contribution >= 0.6 is 0 Å². The molecule has 0 saturated heterocycles. The number of aliphatic hydroxyl groups is 2. The van der Waals surface area contributed by atoms with Crippen molar-refractivity contribution in [1.29, 1.82) is 0 Å². The van der Waals surface area contributed by atoms with Crippen molar-refractivity contribution in [2.75, 3.05) is 0 Å². The first kappa shape index (κ1) is 22.2. The minimum Gasteiger partial charge on any atom is -0.489 e. The molecule has 2 aromatic rings. The lowest BCUT2D eigenvalue weighted by atomic mass is 9.90. The van der Waals surface area contributed by atoms with Crippen LogP contribution < -0.4 is 4.74 Å². The van der Waals surface area contributed by atoms with Crippen LogP contribution in [0.25, 0.3) is 5.57 Å². The molecule has 28 heavy (non-hydrogen) atoms. The van der Waals surface area contributed by atoms with Crippen molar-refractivity contribution in [3.63, 3.8) is 0 Å². The molecule has 0 fully saturated rings. The van der Waals surface area contributed by atoms with E-state index in [4.69, 9.17) is 9.84 Å². The van der Waals surface area contributed by atoms with Gasteiger partial charge >= 0.3 is 0 Å². The molecular weight excluding hydrogens is 348 g/mol. The fraction of sp³-hybridized carbons (Fsp3) is 0.440. The van der Waals surface area contributed by atoms with E-state index in [-0.39, 0.29) is 6.61 Å². The molecule has 0 aliphatic rings. The minimum absolute atomic E-state index is 0.0440. The summed E-state index contributed by atoms with van der Waals surface area (Å²) in [5.74, 6) is 0.798. The van der Waals surface area contributed by atoms with Crippen LogP contribution in [0, 0.1) is 0 Å². The van der Waals surface area contributed by atoms with E-state index in [2.05, 4.69) is 51.1 Å². The summed E-state index contributed by atoms with van der Waals surface area (Å²) in [5, 5.41) is 19.6. The van der Waals surface area contributed by atoms with Gasteiger partial charge in [0.25, 0.3) is 0 Å². The molecule has 0 saturated carbocycles. The summed E-state index contributed by atoms with van der Waals surface area (Å²) in [7, 11) is 0. The first-order valence-electron chi connectivity index (χ1n) is 10.4. The Morgan fingerprint density at radius 3 is 2.32 bits per heavy atom. The van der Waals surface area contributed by atoms with Crippen molar-refractivity contribution in [2.45, 2.75) is 71.7 Å². The van der Waals surface area contributed by atoms with E-state index >= 15 is 0 Å². The maximum absolute atomic E-state index is 10.5. The number of hydrogen-bond donors (Lipinski definition) is 2. The maximum atomic E-state index is 10.5. The first-order valence-corrected chi connectivity index (χ1v) is 10.4. The molecule has 0 aliphatic carbocycles. The van der Waals surface area contributed by atoms with Gasteiger partial charge in [0.15, 0.2) is 0 Å². The second kappa shape index (κ2) is 11.0. The molecule has 0 bridgehead atoms. The molecule has 3 nitrogen and oxygen atoms in total. The summed E-state index contributed by atoms with van der Waals surface area (Å²) < 4.78 is 5.88. The predicted molar refractivity (Wildman–Crippen MR) is 116 cm³/mol. The topological polar surface area (TPSA) is 49.7 Å². The summed E-state index contributed by atoms with van der Waals surface area (Å²) >= 11 is 0. The lowest BCUT2D eigenvalue weighted by molar-refractivity contribution is 0.0246. The summed E-state index contributed by atoms with van der Waals surface area (Å²) in [6.07, 6.45) is 6.51. The molecule has 0 spiro atoms. The molecule has 0 atom stereocenters. The van der Waals surface area contributed by atoms with Crippen LogP contribution in [0.2, 0.25) is 0 Å². The fourth-order valence-electron chi connectivity index (χ4n) is 3.30. The SMILES string of the molecule is CC/C(=C/CCC(O)(CC)CC)c1cccc(COc2ccc(CO)cc2)c1. The second-order valence-corrected chi connectivity index (χ2v) is 7.34. The Balaban J connectivity index is 2.01. The highest BCUT2D eigenvalue weighted by atomic mass is 16.5. The highest BCUT2D eigenvalue weighted by Crippen LogP contribution is 2.25. The quantitative estimate of drug-likeness (QED) is 0.510. The van der Waals surface area contributed by atoms with E-state index in [1.165, 1.54) is 11.1 Å². The van der Waals surface area contributed by atoms with Crippen molar-refractivity contribution in [3.05, 3.63) is 71.3 Å². The number of ether oxygens (including phenoxy) is 1. The zero-order valence-electron chi connectivity index (χ0n) is 17.4. The average Bonchev–Trinajstić information content (AvgIpc) is 2.75. The maximum Gasteiger partial charge on any atom is 0.119 e. The third-order valence-corrected chi connectivity index (χ3v) is 5.51. The Kier molecular flexibility index (Phi) is 8.75. The number of allylic oxidation sites excluding steroid dienone is 2. The third-order valence-electron chi connectivity index (χ3n) is 5.51. The molecule has 3 heteroatoms. The first-order chi connectivity index (χ1) is 13.5. The van der Waals surface area contributed by atoms with Crippen molar-refractivity contribution in [2.24, 2.45) is 0 Å². The third kappa shape index (κ3) is 6.50. The Bertz CT molecular complexity index is 743. The van der Waals surface area contributed by atoms with Crippen LogP contribution in [-0.4, -0.2) is 15.8 Å². The largest absolute Gasteiger partial charge is 0.489 e. The van der Waals surface area contributed by atoms with Crippen molar-refractivity contribution < 1.29 is 14.9 Å². The lowest BCUT2D eigenvalue weighted by Gasteiger charge is -2.24. The summed E-state index contributed by atoms with van der Waals surface area (Å²) in [5.41, 5.74) is 3.99. The number of hydrogen-bond acceptors (Lipinski definition) is 3. The molecule has 0 amide bonds. The van der Waals surface area contributed by atoms with Gasteiger partial charge in [0.05, 0.1) is 12.2 Å². The van der Waals surface area contributed by atoms with Crippen molar-refractivity contribution >= 4 is 5.57 Å². The van der Waals surface area contributed by atoms with Crippen molar-refractivity contribution in [1.82, 2.24) is 0 Å². The van der Waals surface area contributed by atoms with E-state index in [1.54, 1.807) is 0 Å². The Morgan fingerprint density at radius 2 is 1.71 bits per heavy atom. The molecule has 0 aromatic heterocycles. The number of aliphatic hydroxyl groups excluding tert-OH is 1. The lowest BCUT2D eigenvalue weighted by Crippen LogP contribution is -2.25. The average molecular weight is 383 g/mol. The highest BCUT2D eigenvalue weighted by Gasteiger charge is 2.20. The number of rotatable bonds is 11. The minimum atomic E-state index is -0.545.